The molecule has 4 amide bonds. The number of carbonyl (C=O) groups excluding carboxylic acids is 4. The van der Waals surface area contributed by atoms with E-state index >= 15 is 0 Å². The third-order valence-electron chi connectivity index (χ3n) is 9.75. The zero-order valence-electron chi connectivity index (χ0n) is 28.4. The number of halogens is 3. The second-order valence-electron chi connectivity index (χ2n) is 14.2. The second-order valence-corrected chi connectivity index (χ2v) is 14.2. The number of aromatic amines is 1. The first-order chi connectivity index (χ1) is 23.0. The highest BCUT2D eigenvalue weighted by molar-refractivity contribution is 5.90. The average molecular weight is 684 g/mol. The summed E-state index contributed by atoms with van der Waals surface area (Å²) in [7, 11) is 1.52. The Morgan fingerprint density at radius 2 is 1.69 bits per heavy atom. The van der Waals surface area contributed by atoms with Gasteiger partial charge in [0, 0.05) is 61.7 Å². The Kier molecular flexibility index (Phi) is 10.0. The fourth-order valence-corrected chi connectivity index (χ4v) is 7.24. The van der Waals surface area contributed by atoms with Gasteiger partial charge < -0.3 is 30.2 Å². The number of benzene rings is 2. The largest absolute Gasteiger partial charge is 0.471 e. The molecule has 49 heavy (non-hydrogen) atoms. The topological polar surface area (TPSA) is 124 Å². The van der Waals surface area contributed by atoms with Crippen LogP contribution >= 0.6 is 0 Å². The molecule has 1 fully saturated rings. The molecule has 1 aliphatic heterocycles. The van der Waals surface area contributed by atoms with Crippen LogP contribution in [0.2, 0.25) is 0 Å². The molecule has 3 atom stereocenters. The van der Waals surface area contributed by atoms with Gasteiger partial charge in [0.1, 0.15) is 11.6 Å². The van der Waals surface area contributed by atoms with Crippen molar-refractivity contribution in [2.24, 2.45) is 0 Å². The van der Waals surface area contributed by atoms with Gasteiger partial charge >= 0.3 is 18.2 Å². The number of amides is 4. The van der Waals surface area contributed by atoms with Crippen LogP contribution in [0.5, 0.6) is 0 Å². The van der Waals surface area contributed by atoms with Crippen LogP contribution in [0.4, 0.5) is 18.0 Å². The number of rotatable bonds is 8. The SMILES string of the molecule is C[C@H](c1c[nH]c2ccccc12)C(NC(=O)OC(C)(C)C)C(=O)N1CCC2(CC1)C[C@@H](C(=O)N(C)CCNC(=O)C(F)(F)F)c1ccccc12. The molecule has 1 unspecified atom stereocenters. The number of likely N-dealkylation sites (tertiary alicyclic amines) is 1. The minimum absolute atomic E-state index is 0.0742. The van der Waals surface area contributed by atoms with Crippen LogP contribution in [0.1, 0.15) is 75.5 Å². The van der Waals surface area contributed by atoms with Gasteiger partial charge in [0.05, 0.1) is 5.92 Å². The molecule has 1 aromatic heterocycles. The first kappa shape index (κ1) is 35.7. The summed E-state index contributed by atoms with van der Waals surface area (Å²) in [4.78, 5) is 58.5. The first-order valence-corrected chi connectivity index (χ1v) is 16.5. The van der Waals surface area contributed by atoms with Crippen LogP contribution in [0.15, 0.2) is 54.7 Å². The number of ether oxygens (including phenoxy) is 1. The molecule has 1 saturated heterocycles. The minimum Gasteiger partial charge on any atom is -0.444 e. The number of hydrogen-bond donors (Lipinski definition) is 3. The molecular formula is C36H44F3N5O5. The summed E-state index contributed by atoms with van der Waals surface area (Å²) < 4.78 is 43.3. The Morgan fingerprint density at radius 1 is 1.04 bits per heavy atom. The summed E-state index contributed by atoms with van der Waals surface area (Å²) >= 11 is 0. The summed E-state index contributed by atoms with van der Waals surface area (Å²) in [5, 5.41) is 5.64. The quantitative estimate of drug-likeness (QED) is 0.296. The maximum Gasteiger partial charge on any atom is 0.471 e. The van der Waals surface area contributed by atoms with Crippen molar-refractivity contribution in [3.8, 4) is 0 Å². The Bertz CT molecular complexity index is 1710. The molecule has 0 bridgehead atoms. The summed E-state index contributed by atoms with van der Waals surface area (Å²) in [6.07, 6.45) is -2.13. The summed E-state index contributed by atoms with van der Waals surface area (Å²) in [6.45, 7) is 7.60. The number of H-pyrrole nitrogens is 1. The predicted octanol–water partition coefficient (Wildman–Crippen LogP) is 5.35. The van der Waals surface area contributed by atoms with E-state index in [0.29, 0.717) is 32.4 Å². The van der Waals surface area contributed by atoms with Crippen LogP contribution in [-0.2, 0) is 24.5 Å². The third kappa shape index (κ3) is 7.70. The highest BCUT2D eigenvalue weighted by atomic mass is 19.4. The lowest BCUT2D eigenvalue weighted by atomic mass is 9.73. The molecule has 264 valence electrons. The van der Waals surface area contributed by atoms with Crippen molar-refractivity contribution in [1.82, 2.24) is 25.4 Å². The monoisotopic (exact) mass is 683 g/mol. The molecule has 3 aromatic rings. The third-order valence-corrected chi connectivity index (χ3v) is 9.75. The van der Waals surface area contributed by atoms with E-state index in [2.05, 4.69) is 10.3 Å². The number of aromatic nitrogens is 1. The van der Waals surface area contributed by atoms with Gasteiger partial charge in [-0.2, -0.15) is 13.2 Å². The highest BCUT2D eigenvalue weighted by Gasteiger charge is 2.49. The van der Waals surface area contributed by atoms with Crippen molar-refractivity contribution < 1.29 is 37.1 Å². The predicted molar refractivity (Wildman–Crippen MR) is 178 cm³/mol. The van der Waals surface area contributed by atoms with Crippen molar-refractivity contribution in [2.45, 2.75) is 82.0 Å². The Balaban J connectivity index is 1.31. The fourth-order valence-electron chi connectivity index (χ4n) is 7.24. The van der Waals surface area contributed by atoms with Gasteiger partial charge in [-0.25, -0.2) is 4.79 Å². The standard InChI is InChI=1S/C36H44F3N5O5/c1-22(26-21-41-28-13-9-7-11-24(26)28)29(42-33(48)49-34(2,3)4)31(46)44-17-14-35(15-18-44)20-25(23-10-6-8-12-27(23)35)30(45)43(5)19-16-40-32(47)36(37,38)39/h6-13,21-22,25,29,41H,14-20H2,1-5H3,(H,40,47)(H,42,48)/t22-,25-,29?/m1/s1. The van der Waals surface area contributed by atoms with Crippen molar-refractivity contribution in [2.75, 3.05) is 33.2 Å². The van der Waals surface area contributed by atoms with E-state index in [0.717, 1.165) is 27.6 Å². The molecule has 3 N–H and O–H groups in total. The summed E-state index contributed by atoms with van der Waals surface area (Å²) in [6, 6.07) is 14.6. The molecule has 13 heteroatoms. The number of nitrogens with zero attached hydrogens (tertiary/aromatic N) is 2. The normalized spacial score (nSPS) is 18.4. The Morgan fingerprint density at radius 3 is 2.37 bits per heavy atom. The first-order valence-electron chi connectivity index (χ1n) is 16.5. The van der Waals surface area contributed by atoms with Gasteiger partial charge in [-0.15, -0.1) is 0 Å². The van der Waals surface area contributed by atoms with E-state index in [9.17, 15) is 32.3 Å². The van der Waals surface area contributed by atoms with Gasteiger partial charge in [0.15, 0.2) is 0 Å². The molecule has 2 aromatic carbocycles. The van der Waals surface area contributed by atoms with Crippen LogP contribution in [-0.4, -0.2) is 89.6 Å². The number of para-hydroxylation sites is 1. The number of carbonyl (C=O) groups is 4. The lowest BCUT2D eigenvalue weighted by Gasteiger charge is -2.42. The Labute approximate surface area is 283 Å². The molecule has 0 radical (unpaired) electrons. The van der Waals surface area contributed by atoms with Gasteiger partial charge in [0.25, 0.3) is 0 Å². The average Bonchev–Trinajstić information content (AvgIpc) is 3.61. The fraction of sp³-hybridized carbons (Fsp3) is 0.500. The molecule has 10 nitrogen and oxygen atoms in total. The van der Waals surface area contributed by atoms with Gasteiger partial charge in [-0.3, -0.25) is 14.4 Å². The minimum atomic E-state index is -4.99. The summed E-state index contributed by atoms with van der Waals surface area (Å²) in [5.74, 6) is -3.40. The molecule has 1 spiro atoms. The second kappa shape index (κ2) is 13.8. The van der Waals surface area contributed by atoms with Gasteiger partial charge in [0.2, 0.25) is 11.8 Å². The number of alkyl halides is 3. The molecular weight excluding hydrogens is 639 g/mol. The molecule has 2 aliphatic rings. The van der Waals surface area contributed by atoms with E-state index in [1.54, 1.807) is 25.7 Å². The maximum atomic E-state index is 14.3. The number of piperidine rings is 1. The Hall–Kier alpha value is -4.55. The number of likely N-dealkylation sites (N-methyl/N-ethyl adjacent to an activating group) is 1. The van der Waals surface area contributed by atoms with E-state index < -0.39 is 41.7 Å². The number of hydrogen-bond acceptors (Lipinski definition) is 5. The van der Waals surface area contributed by atoms with Crippen molar-refractivity contribution in [1.29, 1.82) is 0 Å². The number of alkyl carbamates (subject to hydrolysis) is 1. The van der Waals surface area contributed by atoms with Crippen LogP contribution in [0.3, 0.4) is 0 Å². The number of nitrogens with one attached hydrogen (secondary N) is 3. The maximum absolute atomic E-state index is 14.3. The van der Waals surface area contributed by atoms with E-state index in [1.807, 2.05) is 67.0 Å². The lowest BCUT2D eigenvalue weighted by molar-refractivity contribution is -0.173. The van der Waals surface area contributed by atoms with Crippen molar-refractivity contribution in [3.63, 3.8) is 0 Å². The smallest absolute Gasteiger partial charge is 0.444 e. The molecule has 5 rings (SSSR count). The zero-order chi connectivity index (χ0) is 35.7. The number of fused-ring (bicyclic) bond motifs is 3. The molecule has 0 saturated carbocycles. The lowest BCUT2D eigenvalue weighted by Crippen LogP contribution is -2.55. The molecule has 1 aliphatic carbocycles. The highest BCUT2D eigenvalue weighted by Crippen LogP contribution is 2.52. The van der Waals surface area contributed by atoms with Gasteiger partial charge in [-0.05, 0) is 62.8 Å². The van der Waals surface area contributed by atoms with E-state index in [1.165, 1.54) is 11.9 Å². The van der Waals surface area contributed by atoms with E-state index in [4.69, 9.17) is 4.74 Å². The van der Waals surface area contributed by atoms with E-state index in [-0.39, 0.29) is 30.3 Å². The van der Waals surface area contributed by atoms with Crippen molar-refractivity contribution in [3.05, 3.63) is 71.4 Å². The molecule has 2 heterocycles. The van der Waals surface area contributed by atoms with Crippen molar-refractivity contribution >= 4 is 34.7 Å². The zero-order valence-corrected chi connectivity index (χ0v) is 28.4. The van der Waals surface area contributed by atoms with Crippen LogP contribution in [0.25, 0.3) is 10.9 Å². The van der Waals surface area contributed by atoms with Crippen LogP contribution in [0, 0.1) is 0 Å². The van der Waals surface area contributed by atoms with Gasteiger partial charge in [-0.1, -0.05) is 49.4 Å². The van der Waals surface area contributed by atoms with Crippen LogP contribution < -0.4 is 10.6 Å². The summed E-state index contributed by atoms with van der Waals surface area (Å²) in [5.41, 5.74) is 2.59.